The van der Waals surface area contributed by atoms with Crippen molar-refractivity contribution in [3.63, 3.8) is 0 Å². The number of aromatic carboxylic acids is 1. The molecule has 2 rings (SSSR count). The number of hydrogen-bond acceptors (Lipinski definition) is 3. The molecule has 5 nitrogen and oxygen atoms in total. The maximum absolute atomic E-state index is 11.1. The van der Waals surface area contributed by atoms with E-state index in [1.54, 1.807) is 11.7 Å². The SMILES string of the molecule is CC1CCCCC1NCc1c(C(=O)O)cnn1C. The van der Waals surface area contributed by atoms with Gasteiger partial charge in [0.15, 0.2) is 0 Å². The molecule has 1 aromatic heterocycles. The van der Waals surface area contributed by atoms with Crippen LogP contribution in [0, 0.1) is 5.92 Å². The third kappa shape index (κ3) is 2.72. The molecule has 2 N–H and O–H groups in total. The Kier molecular flexibility index (Phi) is 4.01. The van der Waals surface area contributed by atoms with Crippen LogP contribution < -0.4 is 5.32 Å². The zero-order valence-electron chi connectivity index (χ0n) is 11.0. The minimum absolute atomic E-state index is 0.300. The molecular weight excluding hydrogens is 230 g/mol. The third-order valence-electron chi connectivity index (χ3n) is 3.94. The molecular formula is C13H21N3O2. The van der Waals surface area contributed by atoms with E-state index in [0.29, 0.717) is 24.1 Å². The van der Waals surface area contributed by atoms with Crippen LogP contribution >= 0.6 is 0 Å². The third-order valence-corrected chi connectivity index (χ3v) is 3.94. The molecule has 1 aliphatic rings. The van der Waals surface area contributed by atoms with E-state index in [2.05, 4.69) is 17.3 Å². The minimum Gasteiger partial charge on any atom is -0.478 e. The predicted octanol–water partition coefficient (Wildman–Crippen LogP) is 1.79. The largest absolute Gasteiger partial charge is 0.478 e. The minimum atomic E-state index is -0.906. The van der Waals surface area contributed by atoms with Gasteiger partial charge in [-0.2, -0.15) is 5.10 Å². The first-order valence-corrected chi connectivity index (χ1v) is 6.57. The normalized spacial score (nSPS) is 24.1. The summed E-state index contributed by atoms with van der Waals surface area (Å²) in [6.45, 7) is 2.84. The maximum Gasteiger partial charge on any atom is 0.339 e. The van der Waals surface area contributed by atoms with E-state index in [1.165, 1.54) is 31.9 Å². The smallest absolute Gasteiger partial charge is 0.339 e. The number of rotatable bonds is 4. The maximum atomic E-state index is 11.1. The molecule has 0 aromatic carbocycles. The number of carbonyl (C=O) groups is 1. The molecule has 0 radical (unpaired) electrons. The highest BCUT2D eigenvalue weighted by Gasteiger charge is 2.22. The first-order valence-electron chi connectivity index (χ1n) is 6.57. The Morgan fingerprint density at radius 3 is 2.94 bits per heavy atom. The van der Waals surface area contributed by atoms with Crippen LogP contribution in [0.15, 0.2) is 6.20 Å². The van der Waals surface area contributed by atoms with E-state index in [-0.39, 0.29) is 0 Å². The molecule has 0 aliphatic heterocycles. The van der Waals surface area contributed by atoms with E-state index in [0.717, 1.165) is 5.69 Å². The Morgan fingerprint density at radius 1 is 1.56 bits per heavy atom. The lowest BCUT2D eigenvalue weighted by Crippen LogP contribution is -2.37. The van der Waals surface area contributed by atoms with Crippen LogP contribution in [0.5, 0.6) is 0 Å². The summed E-state index contributed by atoms with van der Waals surface area (Å²) >= 11 is 0. The number of nitrogens with zero attached hydrogens (tertiary/aromatic N) is 2. The van der Waals surface area contributed by atoms with Crippen molar-refractivity contribution in [2.75, 3.05) is 0 Å². The molecule has 1 fully saturated rings. The molecule has 1 aromatic rings. The van der Waals surface area contributed by atoms with Crippen LogP contribution in [-0.4, -0.2) is 26.9 Å². The molecule has 2 atom stereocenters. The molecule has 1 aliphatic carbocycles. The highest BCUT2D eigenvalue weighted by atomic mass is 16.4. The fourth-order valence-electron chi connectivity index (χ4n) is 2.70. The average molecular weight is 251 g/mol. The van der Waals surface area contributed by atoms with Gasteiger partial charge in [0.05, 0.1) is 11.9 Å². The highest BCUT2D eigenvalue weighted by Crippen LogP contribution is 2.24. The van der Waals surface area contributed by atoms with E-state index in [4.69, 9.17) is 5.11 Å². The summed E-state index contributed by atoms with van der Waals surface area (Å²) in [5, 5.41) is 16.6. The molecule has 18 heavy (non-hydrogen) atoms. The van der Waals surface area contributed by atoms with Gasteiger partial charge in [0.1, 0.15) is 5.56 Å². The second kappa shape index (κ2) is 5.52. The summed E-state index contributed by atoms with van der Waals surface area (Å²) in [6, 6.07) is 0.496. The van der Waals surface area contributed by atoms with Gasteiger partial charge in [-0.25, -0.2) is 4.79 Å². The summed E-state index contributed by atoms with van der Waals surface area (Å²) < 4.78 is 1.64. The van der Waals surface area contributed by atoms with Gasteiger partial charge < -0.3 is 10.4 Å². The Balaban J connectivity index is 2.01. The van der Waals surface area contributed by atoms with Crippen LogP contribution in [0.1, 0.15) is 48.7 Å². The second-order valence-corrected chi connectivity index (χ2v) is 5.18. The van der Waals surface area contributed by atoms with Gasteiger partial charge >= 0.3 is 5.97 Å². The Labute approximate surface area is 107 Å². The topological polar surface area (TPSA) is 67.2 Å². The molecule has 5 heteroatoms. The highest BCUT2D eigenvalue weighted by molar-refractivity contribution is 5.88. The lowest BCUT2D eigenvalue weighted by atomic mass is 9.86. The number of carboxylic acid groups (broad SMARTS) is 1. The van der Waals surface area contributed by atoms with Gasteiger partial charge in [0.2, 0.25) is 0 Å². The predicted molar refractivity (Wildman–Crippen MR) is 68.4 cm³/mol. The zero-order chi connectivity index (χ0) is 13.1. The van der Waals surface area contributed by atoms with Crippen LogP contribution in [0.2, 0.25) is 0 Å². The standard InChI is InChI=1S/C13H21N3O2/c1-9-5-3-4-6-11(9)14-8-12-10(13(17)18)7-15-16(12)2/h7,9,11,14H,3-6,8H2,1-2H3,(H,17,18). The molecule has 0 bridgehead atoms. The van der Waals surface area contributed by atoms with Crippen LogP contribution in [0.25, 0.3) is 0 Å². The van der Waals surface area contributed by atoms with Crippen molar-refractivity contribution in [2.24, 2.45) is 13.0 Å². The van der Waals surface area contributed by atoms with Gasteiger partial charge in [0, 0.05) is 19.6 Å². The number of aryl methyl sites for hydroxylation is 1. The van der Waals surface area contributed by atoms with Gasteiger partial charge in [-0.05, 0) is 18.8 Å². The molecule has 0 spiro atoms. The van der Waals surface area contributed by atoms with Crippen molar-refractivity contribution < 1.29 is 9.90 Å². The number of carboxylic acids is 1. The summed E-state index contributed by atoms with van der Waals surface area (Å²) in [6.07, 6.45) is 6.44. The molecule has 1 saturated carbocycles. The summed E-state index contributed by atoms with van der Waals surface area (Å²) in [7, 11) is 1.79. The quantitative estimate of drug-likeness (QED) is 0.856. The van der Waals surface area contributed by atoms with Crippen molar-refractivity contribution in [3.8, 4) is 0 Å². The van der Waals surface area contributed by atoms with Crippen molar-refractivity contribution in [2.45, 2.75) is 45.2 Å². The number of aromatic nitrogens is 2. The fourth-order valence-corrected chi connectivity index (χ4v) is 2.70. The van der Waals surface area contributed by atoms with Crippen molar-refractivity contribution in [1.29, 1.82) is 0 Å². The van der Waals surface area contributed by atoms with E-state index < -0.39 is 5.97 Å². The van der Waals surface area contributed by atoms with Gasteiger partial charge in [-0.1, -0.05) is 19.8 Å². The van der Waals surface area contributed by atoms with Gasteiger partial charge in [-0.3, -0.25) is 4.68 Å². The first kappa shape index (κ1) is 13.1. The van der Waals surface area contributed by atoms with Crippen LogP contribution in [0.3, 0.4) is 0 Å². The van der Waals surface area contributed by atoms with Crippen molar-refractivity contribution in [1.82, 2.24) is 15.1 Å². The van der Waals surface area contributed by atoms with E-state index in [1.807, 2.05) is 0 Å². The lowest BCUT2D eigenvalue weighted by molar-refractivity contribution is 0.0695. The zero-order valence-corrected chi connectivity index (χ0v) is 11.0. The first-order chi connectivity index (χ1) is 8.59. The Bertz CT molecular complexity index is 428. The van der Waals surface area contributed by atoms with Gasteiger partial charge in [0.25, 0.3) is 0 Å². The number of hydrogen-bond donors (Lipinski definition) is 2. The van der Waals surface area contributed by atoms with E-state index in [9.17, 15) is 4.79 Å². The average Bonchev–Trinajstić information content (AvgIpc) is 2.70. The summed E-state index contributed by atoms with van der Waals surface area (Å²) in [4.78, 5) is 11.1. The Hall–Kier alpha value is -1.36. The molecule has 100 valence electrons. The molecule has 1 heterocycles. The molecule has 0 amide bonds. The molecule has 2 unspecified atom stereocenters. The Morgan fingerprint density at radius 2 is 2.28 bits per heavy atom. The number of nitrogens with one attached hydrogen (secondary N) is 1. The van der Waals surface area contributed by atoms with Crippen LogP contribution in [0.4, 0.5) is 0 Å². The van der Waals surface area contributed by atoms with Crippen molar-refractivity contribution in [3.05, 3.63) is 17.5 Å². The lowest BCUT2D eigenvalue weighted by Gasteiger charge is -2.29. The van der Waals surface area contributed by atoms with Gasteiger partial charge in [-0.15, -0.1) is 0 Å². The summed E-state index contributed by atoms with van der Waals surface area (Å²) in [5.74, 6) is -0.239. The van der Waals surface area contributed by atoms with Crippen LogP contribution in [-0.2, 0) is 13.6 Å². The summed E-state index contributed by atoms with van der Waals surface area (Å²) in [5.41, 5.74) is 1.05. The molecule has 0 saturated heterocycles. The van der Waals surface area contributed by atoms with Crippen molar-refractivity contribution >= 4 is 5.97 Å². The fraction of sp³-hybridized carbons (Fsp3) is 0.692. The van der Waals surface area contributed by atoms with E-state index >= 15 is 0 Å². The monoisotopic (exact) mass is 251 g/mol. The second-order valence-electron chi connectivity index (χ2n) is 5.18.